The van der Waals surface area contributed by atoms with Gasteiger partial charge in [0.15, 0.2) is 0 Å². The summed E-state index contributed by atoms with van der Waals surface area (Å²) in [4.78, 5) is 0. The van der Waals surface area contributed by atoms with E-state index in [9.17, 15) is 0 Å². The van der Waals surface area contributed by atoms with Crippen LogP contribution in [0.25, 0.3) is 11.3 Å². The van der Waals surface area contributed by atoms with Gasteiger partial charge in [0.1, 0.15) is 5.75 Å². The number of H-pyrrole nitrogens is 1. The summed E-state index contributed by atoms with van der Waals surface area (Å²) in [5.41, 5.74) is 4.47. The number of benzene rings is 1. The summed E-state index contributed by atoms with van der Waals surface area (Å²) in [7, 11) is 1.69. The summed E-state index contributed by atoms with van der Waals surface area (Å²) in [6.07, 6.45) is 3.80. The Balaban J connectivity index is 2.31. The molecule has 3 rings (SSSR count). The third-order valence-electron chi connectivity index (χ3n) is 3.05. The lowest BCUT2D eigenvalue weighted by atomic mass is 9.90. The lowest BCUT2D eigenvalue weighted by Crippen LogP contribution is -2.05. The number of nitrogens with zero attached hydrogens (tertiary/aromatic N) is 1. The van der Waals surface area contributed by atoms with Crippen molar-refractivity contribution in [3.05, 3.63) is 34.5 Å². The van der Waals surface area contributed by atoms with E-state index in [0.717, 1.165) is 34.9 Å². The van der Waals surface area contributed by atoms with Crippen LogP contribution in [0.2, 0.25) is 5.02 Å². The number of ether oxygens (including phenoxy) is 1. The number of rotatable bonds is 1. The van der Waals surface area contributed by atoms with Gasteiger partial charge in [0.05, 0.1) is 24.0 Å². The molecule has 0 aliphatic heterocycles. The van der Waals surface area contributed by atoms with Crippen molar-refractivity contribution < 1.29 is 4.74 Å². The second kappa shape index (κ2) is 3.52. The van der Waals surface area contributed by atoms with E-state index in [0.29, 0.717) is 0 Å². The van der Waals surface area contributed by atoms with Crippen LogP contribution in [0, 0.1) is 0 Å². The van der Waals surface area contributed by atoms with Gasteiger partial charge in [-0.3, -0.25) is 5.10 Å². The molecule has 16 heavy (non-hydrogen) atoms. The van der Waals surface area contributed by atoms with Crippen molar-refractivity contribution in [2.24, 2.45) is 0 Å². The topological polar surface area (TPSA) is 37.9 Å². The second-order valence-corrected chi connectivity index (χ2v) is 4.28. The summed E-state index contributed by atoms with van der Waals surface area (Å²) in [5.74, 6) is 0.902. The minimum absolute atomic E-state index is 0.751. The van der Waals surface area contributed by atoms with Crippen LogP contribution in [0.3, 0.4) is 0 Å². The third-order valence-corrected chi connectivity index (χ3v) is 3.37. The van der Waals surface area contributed by atoms with E-state index in [1.807, 2.05) is 18.3 Å². The maximum absolute atomic E-state index is 6.25. The number of aromatic nitrogens is 2. The molecule has 0 spiro atoms. The molecule has 1 aromatic carbocycles. The summed E-state index contributed by atoms with van der Waals surface area (Å²) in [6.45, 7) is 0. The molecule has 82 valence electrons. The van der Waals surface area contributed by atoms with E-state index >= 15 is 0 Å². The monoisotopic (exact) mass is 234 g/mol. The van der Waals surface area contributed by atoms with Crippen molar-refractivity contribution in [2.45, 2.75) is 12.8 Å². The van der Waals surface area contributed by atoms with Crippen molar-refractivity contribution in [3.8, 4) is 17.0 Å². The average molecular weight is 235 g/mol. The van der Waals surface area contributed by atoms with E-state index in [2.05, 4.69) is 10.2 Å². The molecule has 3 nitrogen and oxygen atoms in total. The molecule has 1 aromatic heterocycles. The van der Waals surface area contributed by atoms with E-state index in [4.69, 9.17) is 16.3 Å². The standard InChI is InChI=1S/C12H11ClN2O/c1-16-10-5-4-9(13)11-8(10)3-2-7-6-14-15-12(7)11/h4-6H,2-3H2,1H3,(H,14,15). The van der Waals surface area contributed by atoms with Gasteiger partial charge in [-0.25, -0.2) is 0 Å². The normalized spacial score (nSPS) is 13.1. The van der Waals surface area contributed by atoms with Crippen molar-refractivity contribution in [1.82, 2.24) is 10.2 Å². The third kappa shape index (κ3) is 1.25. The fourth-order valence-electron chi connectivity index (χ4n) is 2.29. The maximum Gasteiger partial charge on any atom is 0.122 e. The largest absolute Gasteiger partial charge is 0.496 e. The molecular formula is C12H11ClN2O. The highest BCUT2D eigenvalue weighted by Crippen LogP contribution is 2.41. The average Bonchev–Trinajstić information content (AvgIpc) is 2.77. The van der Waals surface area contributed by atoms with Gasteiger partial charge in [-0.05, 0) is 30.5 Å². The first-order valence-electron chi connectivity index (χ1n) is 5.19. The summed E-state index contributed by atoms with van der Waals surface area (Å²) >= 11 is 6.25. The van der Waals surface area contributed by atoms with Gasteiger partial charge in [0.25, 0.3) is 0 Å². The molecule has 0 amide bonds. The Morgan fingerprint density at radius 1 is 1.38 bits per heavy atom. The van der Waals surface area contributed by atoms with Gasteiger partial charge in [-0.2, -0.15) is 5.10 Å². The first kappa shape index (κ1) is 9.73. The molecule has 0 fully saturated rings. The van der Waals surface area contributed by atoms with E-state index in [1.54, 1.807) is 7.11 Å². The smallest absolute Gasteiger partial charge is 0.122 e. The van der Waals surface area contributed by atoms with Crippen LogP contribution >= 0.6 is 11.6 Å². The number of hydrogen-bond acceptors (Lipinski definition) is 2. The Bertz CT molecular complexity index is 548. The van der Waals surface area contributed by atoms with Gasteiger partial charge in [0.2, 0.25) is 0 Å². The Kier molecular flexibility index (Phi) is 2.14. The van der Waals surface area contributed by atoms with E-state index in [1.165, 1.54) is 11.1 Å². The van der Waals surface area contributed by atoms with Crippen LogP contribution in [-0.2, 0) is 12.8 Å². The molecule has 1 N–H and O–H groups in total. The quantitative estimate of drug-likeness (QED) is 0.824. The van der Waals surface area contributed by atoms with Crippen molar-refractivity contribution >= 4 is 11.6 Å². The lowest BCUT2D eigenvalue weighted by Gasteiger charge is -2.19. The Labute approximate surface area is 98.4 Å². The minimum Gasteiger partial charge on any atom is -0.496 e. The first-order chi connectivity index (χ1) is 7.81. The zero-order valence-corrected chi connectivity index (χ0v) is 9.64. The van der Waals surface area contributed by atoms with Crippen LogP contribution in [0.15, 0.2) is 18.3 Å². The fraction of sp³-hybridized carbons (Fsp3) is 0.250. The van der Waals surface area contributed by atoms with Crippen molar-refractivity contribution in [2.75, 3.05) is 7.11 Å². The minimum atomic E-state index is 0.751. The molecule has 0 saturated heterocycles. The second-order valence-electron chi connectivity index (χ2n) is 3.87. The van der Waals surface area contributed by atoms with Gasteiger partial charge in [0, 0.05) is 11.1 Å². The number of nitrogens with one attached hydrogen (secondary N) is 1. The molecule has 1 aliphatic carbocycles. The van der Waals surface area contributed by atoms with Crippen molar-refractivity contribution in [1.29, 1.82) is 0 Å². The van der Waals surface area contributed by atoms with Crippen LogP contribution in [0.4, 0.5) is 0 Å². The lowest BCUT2D eigenvalue weighted by molar-refractivity contribution is 0.409. The van der Waals surface area contributed by atoms with Gasteiger partial charge >= 0.3 is 0 Å². The number of aromatic amines is 1. The summed E-state index contributed by atoms with van der Waals surface area (Å²) < 4.78 is 5.37. The molecule has 0 unspecified atom stereocenters. The molecule has 1 heterocycles. The first-order valence-corrected chi connectivity index (χ1v) is 5.57. The van der Waals surface area contributed by atoms with Crippen LogP contribution < -0.4 is 4.74 Å². The fourth-order valence-corrected chi connectivity index (χ4v) is 2.56. The van der Waals surface area contributed by atoms with Crippen molar-refractivity contribution in [3.63, 3.8) is 0 Å². The number of hydrogen-bond donors (Lipinski definition) is 1. The molecular weight excluding hydrogens is 224 g/mol. The van der Waals surface area contributed by atoms with Crippen LogP contribution in [0.5, 0.6) is 5.75 Å². The molecule has 0 atom stereocenters. The number of aryl methyl sites for hydroxylation is 1. The van der Waals surface area contributed by atoms with E-state index in [-0.39, 0.29) is 0 Å². The zero-order valence-electron chi connectivity index (χ0n) is 8.88. The van der Waals surface area contributed by atoms with Gasteiger partial charge < -0.3 is 4.74 Å². The zero-order chi connectivity index (χ0) is 11.1. The predicted octanol–water partition coefficient (Wildman–Crippen LogP) is 2.84. The van der Waals surface area contributed by atoms with Crippen LogP contribution in [0.1, 0.15) is 11.1 Å². The van der Waals surface area contributed by atoms with Gasteiger partial charge in [-0.15, -0.1) is 0 Å². The highest BCUT2D eigenvalue weighted by Gasteiger charge is 2.23. The van der Waals surface area contributed by atoms with E-state index < -0.39 is 0 Å². The van der Waals surface area contributed by atoms with Gasteiger partial charge in [-0.1, -0.05) is 11.6 Å². The highest BCUT2D eigenvalue weighted by molar-refractivity contribution is 6.33. The number of methoxy groups -OCH3 is 1. The predicted molar refractivity (Wildman–Crippen MR) is 63.0 cm³/mol. The highest BCUT2D eigenvalue weighted by atomic mass is 35.5. The summed E-state index contributed by atoms with van der Waals surface area (Å²) in [6, 6.07) is 3.79. The van der Waals surface area contributed by atoms with Crippen LogP contribution in [-0.4, -0.2) is 17.3 Å². The summed E-state index contributed by atoms with van der Waals surface area (Å²) in [5, 5.41) is 7.84. The number of halogens is 1. The Hall–Kier alpha value is -1.48. The SMILES string of the molecule is COc1ccc(Cl)c2c1CCc1cn[nH]c1-2. The Morgan fingerprint density at radius 3 is 3.06 bits per heavy atom. The number of fused-ring (bicyclic) bond motifs is 3. The molecule has 0 radical (unpaired) electrons. The molecule has 1 aliphatic rings. The molecule has 0 saturated carbocycles. The Morgan fingerprint density at radius 2 is 2.25 bits per heavy atom. The maximum atomic E-state index is 6.25. The molecule has 0 bridgehead atoms. The molecule has 2 aromatic rings. The molecule has 4 heteroatoms.